The Morgan fingerprint density at radius 1 is 0.424 bits per heavy atom. The van der Waals surface area contributed by atoms with Crippen LogP contribution in [0.25, 0.3) is 77.3 Å². The molecule has 4 aromatic heterocycles. The number of ether oxygens (including phenoxy) is 2. The van der Waals surface area contributed by atoms with E-state index in [0.717, 1.165) is 99.9 Å². The second-order valence-electron chi connectivity index (χ2n) is 15.0. The highest BCUT2D eigenvalue weighted by atomic mass is 16.5. The quantitative estimate of drug-likeness (QED) is 0.144. The Kier molecular flexibility index (Phi) is 8.19. The lowest BCUT2D eigenvalue weighted by Crippen LogP contribution is -2.28. The number of aromatic nitrogens is 4. The van der Waals surface area contributed by atoms with Gasteiger partial charge in [0, 0.05) is 45.1 Å². The lowest BCUT2D eigenvalue weighted by Gasteiger charge is -2.34. The molecule has 0 aliphatic heterocycles. The summed E-state index contributed by atoms with van der Waals surface area (Å²) in [6.45, 7) is 5.20. The number of nitrogens with zero attached hydrogens (tertiary/aromatic N) is 4. The highest BCUT2D eigenvalue weighted by Gasteiger charge is 2.47. The van der Waals surface area contributed by atoms with Crippen LogP contribution in [0.1, 0.15) is 36.1 Å². The first-order valence-electron chi connectivity index (χ1n) is 20.2. The van der Waals surface area contributed by atoms with Gasteiger partial charge in [-0.1, -0.05) is 109 Å². The summed E-state index contributed by atoms with van der Waals surface area (Å²) in [5.41, 5.74) is 13.7. The number of hydrogen-bond donors (Lipinski definition) is 0. The van der Waals surface area contributed by atoms with Crippen LogP contribution in [0.15, 0.2) is 170 Å². The standard InChI is InChI=1S/C53H38N4O2/c1-3-58-41-23-25-43-44-26-24-42(59-4-2)32-46(44)53(45(43)31-41,39-19-13-33(14-20-39)47-27-17-37-11-9-35-7-5-29-54-49(35)51(37)56-47)40-21-15-34(16-22-40)48-28-18-38-12-10-36-8-6-30-55-50(36)52(38)57-48/h5-32H,3-4H2,1-2H3. The molecule has 0 spiro atoms. The lowest BCUT2D eigenvalue weighted by molar-refractivity contribution is 0.339. The molecule has 1 aliphatic carbocycles. The minimum absolute atomic E-state index is 0.573. The van der Waals surface area contributed by atoms with Gasteiger partial charge in [0.2, 0.25) is 0 Å². The molecule has 1 aliphatic rings. The highest BCUT2D eigenvalue weighted by molar-refractivity contribution is 6.04. The van der Waals surface area contributed by atoms with E-state index < -0.39 is 5.41 Å². The van der Waals surface area contributed by atoms with E-state index in [1.807, 2.05) is 38.4 Å². The van der Waals surface area contributed by atoms with Crippen LogP contribution in [0, 0.1) is 0 Å². The molecule has 282 valence electrons. The summed E-state index contributed by atoms with van der Waals surface area (Å²) in [4.78, 5) is 19.8. The summed E-state index contributed by atoms with van der Waals surface area (Å²) in [7, 11) is 0. The van der Waals surface area contributed by atoms with Crippen molar-refractivity contribution < 1.29 is 9.47 Å². The molecule has 11 rings (SSSR count). The van der Waals surface area contributed by atoms with Crippen LogP contribution in [0.4, 0.5) is 0 Å². The molecule has 10 aromatic rings. The zero-order valence-corrected chi connectivity index (χ0v) is 32.7. The summed E-state index contributed by atoms with van der Waals surface area (Å²) >= 11 is 0. The van der Waals surface area contributed by atoms with Gasteiger partial charge in [0.05, 0.1) is 52.1 Å². The van der Waals surface area contributed by atoms with Crippen molar-refractivity contribution in [2.45, 2.75) is 19.3 Å². The average Bonchev–Trinajstić information content (AvgIpc) is 3.58. The summed E-state index contributed by atoms with van der Waals surface area (Å²) in [5.74, 6) is 1.67. The third-order valence-corrected chi connectivity index (χ3v) is 11.8. The Hall–Kier alpha value is -7.44. The highest BCUT2D eigenvalue weighted by Crippen LogP contribution is 2.58. The van der Waals surface area contributed by atoms with Crippen LogP contribution in [0.3, 0.4) is 0 Å². The fourth-order valence-corrected chi connectivity index (χ4v) is 9.13. The Labute approximate surface area is 341 Å². The largest absolute Gasteiger partial charge is 0.494 e. The first-order valence-corrected chi connectivity index (χ1v) is 20.2. The molecule has 59 heavy (non-hydrogen) atoms. The second-order valence-corrected chi connectivity index (χ2v) is 15.0. The van der Waals surface area contributed by atoms with Gasteiger partial charge in [-0.25, -0.2) is 9.97 Å². The number of rotatable bonds is 8. The Balaban J connectivity index is 1.10. The molecule has 0 unspecified atom stereocenters. The van der Waals surface area contributed by atoms with Crippen molar-refractivity contribution >= 4 is 43.6 Å². The van der Waals surface area contributed by atoms with Crippen LogP contribution < -0.4 is 9.47 Å². The maximum Gasteiger partial charge on any atom is 0.119 e. The average molecular weight is 763 g/mol. The fourth-order valence-electron chi connectivity index (χ4n) is 9.13. The van der Waals surface area contributed by atoms with Crippen LogP contribution in [0.5, 0.6) is 11.5 Å². The minimum Gasteiger partial charge on any atom is -0.494 e. The normalized spacial score (nSPS) is 12.8. The molecule has 0 saturated heterocycles. The van der Waals surface area contributed by atoms with Gasteiger partial charge in [-0.15, -0.1) is 0 Å². The van der Waals surface area contributed by atoms with E-state index in [1.54, 1.807) is 0 Å². The molecule has 6 aromatic carbocycles. The summed E-state index contributed by atoms with van der Waals surface area (Å²) in [6.07, 6.45) is 3.67. The molecule has 0 amide bonds. The van der Waals surface area contributed by atoms with Crippen molar-refractivity contribution in [3.05, 3.63) is 192 Å². The van der Waals surface area contributed by atoms with Crippen LogP contribution in [-0.2, 0) is 5.41 Å². The third kappa shape index (κ3) is 5.55. The molecule has 0 radical (unpaired) electrons. The van der Waals surface area contributed by atoms with E-state index in [-0.39, 0.29) is 0 Å². The lowest BCUT2D eigenvalue weighted by atomic mass is 9.67. The molecule has 0 bridgehead atoms. The van der Waals surface area contributed by atoms with Crippen molar-refractivity contribution in [1.82, 2.24) is 19.9 Å². The van der Waals surface area contributed by atoms with Gasteiger partial charge in [-0.05, 0) is 95.8 Å². The Morgan fingerprint density at radius 2 is 0.831 bits per heavy atom. The Bertz CT molecular complexity index is 3030. The molecular weight excluding hydrogens is 725 g/mol. The van der Waals surface area contributed by atoms with Gasteiger partial charge < -0.3 is 9.47 Å². The van der Waals surface area contributed by atoms with Crippen molar-refractivity contribution in [3.63, 3.8) is 0 Å². The van der Waals surface area contributed by atoms with Gasteiger partial charge in [0.25, 0.3) is 0 Å². The van der Waals surface area contributed by atoms with E-state index in [1.165, 1.54) is 11.1 Å². The van der Waals surface area contributed by atoms with Crippen molar-refractivity contribution in [2.24, 2.45) is 0 Å². The molecule has 0 fully saturated rings. The molecule has 6 heteroatoms. The number of hydrogen-bond acceptors (Lipinski definition) is 6. The maximum absolute atomic E-state index is 6.19. The van der Waals surface area contributed by atoms with E-state index in [9.17, 15) is 0 Å². The second kappa shape index (κ2) is 13.9. The molecule has 6 nitrogen and oxygen atoms in total. The first kappa shape index (κ1) is 34.8. The van der Waals surface area contributed by atoms with Gasteiger partial charge in [0.1, 0.15) is 11.5 Å². The van der Waals surface area contributed by atoms with E-state index >= 15 is 0 Å². The smallest absolute Gasteiger partial charge is 0.119 e. The molecule has 0 N–H and O–H groups in total. The topological polar surface area (TPSA) is 70.0 Å². The molecule has 4 heterocycles. The van der Waals surface area contributed by atoms with Crippen molar-refractivity contribution in [1.29, 1.82) is 0 Å². The Morgan fingerprint density at radius 3 is 1.25 bits per heavy atom. The predicted octanol–water partition coefficient (Wildman–Crippen LogP) is 12.4. The van der Waals surface area contributed by atoms with Crippen LogP contribution in [0.2, 0.25) is 0 Å². The van der Waals surface area contributed by atoms with Gasteiger partial charge in [-0.3, -0.25) is 9.97 Å². The van der Waals surface area contributed by atoms with E-state index in [4.69, 9.17) is 29.4 Å². The zero-order chi connectivity index (χ0) is 39.5. The number of benzene rings is 6. The molecule has 0 atom stereocenters. The molecular formula is C53H38N4O2. The summed E-state index contributed by atoms with van der Waals surface area (Å²) < 4.78 is 12.4. The van der Waals surface area contributed by atoms with Gasteiger partial charge in [-0.2, -0.15) is 0 Å². The van der Waals surface area contributed by atoms with E-state index in [2.05, 4.69) is 146 Å². The summed E-state index contributed by atoms with van der Waals surface area (Å²) in [5, 5.41) is 4.28. The number of pyridine rings is 4. The fraction of sp³-hybridized carbons (Fsp3) is 0.0943. The van der Waals surface area contributed by atoms with Crippen LogP contribution in [-0.4, -0.2) is 33.1 Å². The predicted molar refractivity (Wildman–Crippen MR) is 238 cm³/mol. The van der Waals surface area contributed by atoms with Crippen molar-refractivity contribution in [3.8, 4) is 45.1 Å². The molecule has 0 saturated carbocycles. The maximum atomic E-state index is 6.19. The third-order valence-electron chi connectivity index (χ3n) is 11.8. The number of fused-ring (bicyclic) bond motifs is 9. The SMILES string of the molecule is CCOc1ccc2c(c1)C(c1ccc(-c3ccc4ccc5cccnc5c4n3)cc1)(c1ccc(-c3ccc4ccc5cccnc5c4n3)cc1)c1cc(OCC)ccc1-2. The van der Waals surface area contributed by atoms with E-state index in [0.29, 0.717) is 13.2 Å². The van der Waals surface area contributed by atoms with Gasteiger partial charge in [0.15, 0.2) is 0 Å². The summed E-state index contributed by atoms with van der Waals surface area (Å²) in [6, 6.07) is 55.9. The monoisotopic (exact) mass is 762 g/mol. The van der Waals surface area contributed by atoms with Crippen molar-refractivity contribution in [2.75, 3.05) is 13.2 Å². The minimum atomic E-state index is -0.699. The first-order chi connectivity index (χ1) is 29.1. The zero-order valence-electron chi connectivity index (χ0n) is 32.7. The van der Waals surface area contributed by atoms with Gasteiger partial charge >= 0.3 is 0 Å². The van der Waals surface area contributed by atoms with Crippen LogP contribution >= 0.6 is 0 Å².